The number of fused-ring (bicyclic) bond motifs is 8. The Morgan fingerprint density at radius 3 is 1.88 bits per heavy atom. The molecule has 117 heavy (non-hydrogen) atoms. The molecule has 14 rings (SSSR count). The number of allylic oxidation sites excluding steroid dienone is 2. The quantitative estimate of drug-likeness (QED) is 0.0180. The second kappa shape index (κ2) is 35.0. The Morgan fingerprint density at radius 2 is 1.21 bits per heavy atom. The summed E-state index contributed by atoms with van der Waals surface area (Å²) in [6.07, 6.45) is -3.67. The lowest BCUT2D eigenvalue weighted by Crippen LogP contribution is -2.69. The third-order valence-electron chi connectivity index (χ3n) is 32.7. The molecule has 0 aromatic heterocycles. The smallest absolute Gasteiger partial charge is 0.317 e. The summed E-state index contributed by atoms with van der Waals surface area (Å²) in [5.41, 5.74) is 10.1. The Balaban J connectivity index is 0.751. The molecule has 2 aromatic carbocycles. The van der Waals surface area contributed by atoms with Crippen LogP contribution in [0, 0.1) is 109 Å². The molecule has 2 aromatic rings. The molecule has 652 valence electrons. The van der Waals surface area contributed by atoms with E-state index in [-0.39, 0.29) is 94.8 Å². The van der Waals surface area contributed by atoms with Gasteiger partial charge in [0, 0.05) is 41.6 Å². The van der Waals surface area contributed by atoms with Crippen molar-refractivity contribution in [1.29, 1.82) is 0 Å². The fourth-order valence-corrected chi connectivity index (χ4v) is 24.8. The lowest BCUT2D eigenvalue weighted by molar-refractivity contribution is -0.374. The van der Waals surface area contributed by atoms with Gasteiger partial charge >= 0.3 is 5.97 Å². The first-order valence-corrected chi connectivity index (χ1v) is 44.7. The molecular weight excluding hydrogens is 1490 g/mol. The van der Waals surface area contributed by atoms with Crippen molar-refractivity contribution in [3.05, 3.63) is 93.9 Å². The average Bonchev–Trinajstić information content (AvgIpc) is 1.08. The average molecular weight is 1630 g/mol. The Hall–Kier alpha value is -4.34. The number of rotatable bonds is 24. The van der Waals surface area contributed by atoms with E-state index in [0.717, 1.165) is 55.9 Å². The van der Waals surface area contributed by atoms with Crippen LogP contribution in [0.3, 0.4) is 0 Å². The maximum absolute atomic E-state index is 16.9. The van der Waals surface area contributed by atoms with Gasteiger partial charge in [0.1, 0.15) is 48.3 Å². The van der Waals surface area contributed by atoms with Gasteiger partial charge in [0.25, 0.3) is 0 Å². The van der Waals surface area contributed by atoms with E-state index >= 15 is 4.79 Å². The SMILES string of the molecule is CCC1O[C@@H](OC2[C@H](O[C@H]3CCC4(C)C5CC=C6C7CC(C)(C)CC[C@]7(C(=O)O[C@@H]7OC(COCc8ccccc8)[C@H](N=[N+]=[N-])C(C)C7O[C@@H]7OC(C)[C@H](O[C@@H]8OC[C@@H](C)C(OCc9ccccc9)C8C)C8OC(C)(C)OC87)C(OC)C[C@@]6(C)C5(C)CC[C@H]4[C@@]3(C)C=O)OC(C(C)=O)[C@@H](C)[C@@H]2O[C@@H]2OC[C@@H](C)[C@H](C)C2C)C(C)[C@@H](C)[C@H]1C. The number of nitrogens with zero attached hydrogens (tertiary/aromatic N) is 3. The summed E-state index contributed by atoms with van der Waals surface area (Å²) in [5.74, 6) is -1.88. The van der Waals surface area contributed by atoms with Crippen LogP contribution >= 0.6 is 0 Å². The van der Waals surface area contributed by atoms with Crippen LogP contribution < -0.4 is 0 Å². The molecule has 18 unspecified atom stereocenters. The Labute approximate surface area is 696 Å². The van der Waals surface area contributed by atoms with Gasteiger partial charge < -0.3 is 85.3 Å². The van der Waals surface area contributed by atoms with Gasteiger partial charge in [-0.05, 0) is 178 Å². The van der Waals surface area contributed by atoms with Gasteiger partial charge in [0.15, 0.2) is 43.0 Å². The molecule has 23 nitrogen and oxygen atoms in total. The molecule has 0 N–H and O–H groups in total. The highest BCUT2D eigenvalue weighted by molar-refractivity contribution is 5.81. The molecule has 0 amide bonds. The third-order valence-corrected chi connectivity index (χ3v) is 32.7. The van der Waals surface area contributed by atoms with Crippen molar-refractivity contribution >= 4 is 18.0 Å². The zero-order chi connectivity index (χ0) is 84.0. The molecule has 38 atom stereocenters. The molecule has 0 bridgehead atoms. The predicted octanol–water partition coefficient (Wildman–Crippen LogP) is 17.1. The molecule has 4 saturated carbocycles. The van der Waals surface area contributed by atoms with Crippen LogP contribution in [0.2, 0.25) is 0 Å². The second-order valence-electron chi connectivity index (χ2n) is 40.6. The topological polar surface area (TPSA) is 257 Å². The van der Waals surface area contributed by atoms with Gasteiger partial charge in [-0.15, -0.1) is 0 Å². The molecular formula is C94H141N3O20. The highest BCUT2D eigenvalue weighted by Gasteiger charge is 2.74. The van der Waals surface area contributed by atoms with E-state index < -0.39 is 151 Å². The number of carbonyl (C=O) groups is 3. The number of carbonyl (C=O) groups excluding carboxylic acids is 3. The number of benzene rings is 2. The molecule has 5 aliphatic carbocycles. The minimum Gasteiger partial charge on any atom is -0.432 e. The van der Waals surface area contributed by atoms with E-state index in [1.165, 1.54) is 5.57 Å². The summed E-state index contributed by atoms with van der Waals surface area (Å²) < 4.78 is 119. The van der Waals surface area contributed by atoms with E-state index in [1.807, 2.05) is 83.1 Å². The monoisotopic (exact) mass is 1630 g/mol. The molecule has 12 aliphatic rings. The Bertz CT molecular complexity index is 3830. The van der Waals surface area contributed by atoms with Crippen LogP contribution in [0.5, 0.6) is 0 Å². The van der Waals surface area contributed by atoms with Crippen molar-refractivity contribution < 1.29 is 94.9 Å². The van der Waals surface area contributed by atoms with E-state index in [4.69, 9.17) is 80.5 Å². The van der Waals surface area contributed by atoms with Crippen LogP contribution in [0.1, 0.15) is 221 Å². The summed E-state index contributed by atoms with van der Waals surface area (Å²) in [7, 11) is 1.75. The van der Waals surface area contributed by atoms with E-state index in [0.29, 0.717) is 63.3 Å². The fourth-order valence-electron chi connectivity index (χ4n) is 24.8. The minimum absolute atomic E-state index is 0.00529. The highest BCUT2D eigenvalue weighted by atomic mass is 16.8. The van der Waals surface area contributed by atoms with Gasteiger partial charge in [-0.25, -0.2) is 0 Å². The number of esters is 1. The molecule has 7 aliphatic heterocycles. The Kier molecular flexibility index (Phi) is 26.6. The predicted molar refractivity (Wildman–Crippen MR) is 436 cm³/mol. The highest BCUT2D eigenvalue weighted by Crippen LogP contribution is 2.76. The van der Waals surface area contributed by atoms with Gasteiger partial charge in [-0.2, -0.15) is 0 Å². The van der Waals surface area contributed by atoms with Crippen molar-refractivity contribution in [2.24, 2.45) is 115 Å². The maximum atomic E-state index is 16.9. The zero-order valence-electron chi connectivity index (χ0n) is 74.1. The number of ether oxygens (including phenoxy) is 17. The molecule has 7 saturated heterocycles. The molecule has 23 heteroatoms. The molecule has 7 heterocycles. The van der Waals surface area contributed by atoms with Crippen LogP contribution in [0.15, 0.2) is 77.4 Å². The van der Waals surface area contributed by atoms with E-state index in [1.54, 1.807) is 14.0 Å². The van der Waals surface area contributed by atoms with Crippen molar-refractivity contribution in [1.82, 2.24) is 0 Å². The van der Waals surface area contributed by atoms with Crippen molar-refractivity contribution in [2.75, 3.05) is 26.9 Å². The first-order valence-electron chi connectivity index (χ1n) is 44.7. The second-order valence-corrected chi connectivity index (χ2v) is 40.6. The molecule has 11 fully saturated rings. The largest absolute Gasteiger partial charge is 0.432 e. The normalized spacial score (nSPS) is 48.1. The van der Waals surface area contributed by atoms with Crippen LogP contribution in [0.4, 0.5) is 0 Å². The van der Waals surface area contributed by atoms with Crippen LogP contribution in [0.25, 0.3) is 10.4 Å². The number of aldehydes is 1. The van der Waals surface area contributed by atoms with Gasteiger partial charge in [-0.1, -0.05) is 195 Å². The zero-order valence-corrected chi connectivity index (χ0v) is 74.1. The summed E-state index contributed by atoms with van der Waals surface area (Å²) in [4.78, 5) is 49.0. The number of ketones is 1. The molecule has 0 radical (unpaired) electrons. The van der Waals surface area contributed by atoms with E-state index in [2.05, 4.69) is 132 Å². The van der Waals surface area contributed by atoms with Gasteiger partial charge in [-0.3, -0.25) is 9.59 Å². The minimum atomic E-state index is -1.38. The van der Waals surface area contributed by atoms with E-state index in [9.17, 15) is 15.1 Å². The van der Waals surface area contributed by atoms with Crippen molar-refractivity contribution in [2.45, 2.75) is 352 Å². The summed E-state index contributed by atoms with van der Waals surface area (Å²) in [5, 5.41) is 4.41. The summed E-state index contributed by atoms with van der Waals surface area (Å²) >= 11 is 0. The van der Waals surface area contributed by atoms with Crippen LogP contribution in [-0.2, 0) is 108 Å². The number of azide groups is 1. The number of Topliss-reactive ketones (excluding diaryl/α,β-unsaturated/α-hetero) is 1. The van der Waals surface area contributed by atoms with Crippen LogP contribution in [-0.4, -0.2) is 174 Å². The summed E-state index contributed by atoms with van der Waals surface area (Å²) in [6.45, 7) is 46.7. The number of hydrogen-bond donors (Lipinski definition) is 0. The fraction of sp³-hybridized carbons (Fsp3) is 0.819. The standard InChI is InChI=1S/C94H141N3O20/c1-23-66-54(6)53(5)56(8)83(107-66)114-79-75(111-81-55(7)52(4)50(2)44-104-81)58(10)74(60(12)99)110-85(79)109-70-37-38-90(18)68(91(70,19)49-98)36-39-92(20)69(90)35-34-64-65-42-88(14,15)40-41-94(65,71(101-22)43-93(64,92)21)87(100)115-84-76(57(9)72(96-97-95)67(108-84)48-102-46-62-30-26-24-27-31-62)112-86-80-78(116-89(16,17)117-80)77(61(13)106-86)113-82-59(11)73(51(3)45-105-82)103-47-63-32-28-25-29-33-63/h24-34,49-59,61,65-86H,23,35-48H2,1-22H3/t50-,51-,52+,53+,54-,55?,56?,57?,58-,59?,61?,65?,66?,67?,68-,69?,70+,71?,72-,73?,74?,75+,76?,77+,78?,79?,80?,81+,82+,83+,84+,85-,86+,90?,91-,92?,93-,94-/m1/s1. The van der Waals surface area contributed by atoms with Gasteiger partial charge in [0.2, 0.25) is 6.29 Å². The lowest BCUT2D eigenvalue weighted by atomic mass is 9.33. The molecule has 0 spiro atoms. The Morgan fingerprint density at radius 1 is 0.581 bits per heavy atom. The first kappa shape index (κ1) is 89.0. The first-order chi connectivity index (χ1) is 55.5. The van der Waals surface area contributed by atoms with Gasteiger partial charge in [0.05, 0.1) is 87.2 Å². The lowest BCUT2D eigenvalue weighted by Gasteiger charge is -2.71. The number of hydrogen-bond acceptors (Lipinski definition) is 21. The van der Waals surface area contributed by atoms with Crippen molar-refractivity contribution in [3.8, 4) is 0 Å². The third kappa shape index (κ3) is 16.5. The summed E-state index contributed by atoms with van der Waals surface area (Å²) in [6, 6.07) is 19.1. The number of methoxy groups -OCH3 is 1. The maximum Gasteiger partial charge on any atom is 0.317 e. The van der Waals surface area contributed by atoms with Crippen molar-refractivity contribution in [3.63, 3.8) is 0 Å².